The Labute approximate surface area is 663 Å². The molecule has 0 fully saturated rings. The number of fused-ring (bicyclic) bond motifs is 2. The van der Waals surface area contributed by atoms with Gasteiger partial charge in [0.15, 0.2) is 0 Å². The molecule has 12 aromatic rings. The Morgan fingerprint density at radius 1 is 0.167 bits per heavy atom. The van der Waals surface area contributed by atoms with Crippen molar-refractivity contribution in [2.45, 2.75) is 277 Å². The molecule has 108 heavy (non-hydrogen) atoms. The monoisotopic (exact) mass is 1470 g/mol. The predicted octanol–water partition coefficient (Wildman–Crippen LogP) is 28.3. The van der Waals surface area contributed by atoms with Crippen LogP contribution in [0.25, 0.3) is 21.5 Å². The van der Waals surface area contributed by atoms with Gasteiger partial charge in [-0.3, -0.25) is 39.9 Å². The van der Waals surface area contributed by atoms with Crippen molar-refractivity contribution in [2.24, 2.45) is 0 Å². The molecule has 12 nitrogen and oxygen atoms in total. The molecule has 3 aromatic carbocycles. The normalized spacial score (nSPS) is 8.37. The number of aromatic nitrogens is 12. The van der Waals surface area contributed by atoms with E-state index >= 15 is 0 Å². The third-order valence-corrected chi connectivity index (χ3v) is 12.1. The van der Waals surface area contributed by atoms with Crippen molar-refractivity contribution in [3.05, 3.63) is 309 Å². The van der Waals surface area contributed by atoms with Gasteiger partial charge in [-0.2, -0.15) is 0 Å². The summed E-state index contributed by atoms with van der Waals surface area (Å²) in [7, 11) is 0. The van der Waals surface area contributed by atoms with E-state index in [1.54, 1.807) is 12.4 Å². The topological polar surface area (TPSA) is 155 Å². The second kappa shape index (κ2) is 79.9. The van der Waals surface area contributed by atoms with E-state index in [2.05, 4.69) is 166 Å². The van der Waals surface area contributed by atoms with Crippen LogP contribution in [0.1, 0.15) is 251 Å². The molecule has 0 bridgehead atoms. The van der Waals surface area contributed by atoms with E-state index in [-0.39, 0.29) is 0 Å². The van der Waals surface area contributed by atoms with Crippen molar-refractivity contribution >= 4 is 21.5 Å². The van der Waals surface area contributed by atoms with E-state index in [4.69, 9.17) is 0 Å². The summed E-state index contributed by atoms with van der Waals surface area (Å²) in [4.78, 5) is 48.3. The zero-order valence-corrected chi connectivity index (χ0v) is 75.8. The standard InChI is InChI=1S/C16H14.6C7H9N.3C6H8N2.10C2H6/c1-11-3-5-13-10-16-8-12(2)4-6-14(16)9-15(13)7-11;1-6-3-7(2)5-8-4-6;2*1-6-3-4-8-7(2)5-6;2*1-6-3-4-7(2)8-5-6;1-6-4-3-5-7(2)8-6;1-5-3-8-6(2)4-7-5;2*1-5-3-7-6(2)8-4-5;10*1-2/h3-10H,1-2H3;6*3-5H,1-2H3;3*3-4H,1-2H3;10*1-2H3. The molecule has 0 saturated heterocycles. The van der Waals surface area contributed by atoms with Crippen LogP contribution < -0.4 is 0 Å². The lowest BCUT2D eigenvalue weighted by Gasteiger charge is -2.04. The van der Waals surface area contributed by atoms with Gasteiger partial charge in [0.2, 0.25) is 0 Å². The average Bonchev–Trinajstić information content (AvgIpc) is 0.797. The average molecular weight is 1470 g/mol. The molecule has 0 aliphatic carbocycles. The molecule has 0 atom stereocenters. The zero-order valence-electron chi connectivity index (χ0n) is 75.8. The lowest BCUT2D eigenvalue weighted by Crippen LogP contribution is -1.84. The first-order valence-corrected chi connectivity index (χ1v) is 39.3. The Kier molecular flexibility index (Phi) is 84.4. The maximum Gasteiger partial charge on any atom is 0.125 e. The number of nitrogens with zero attached hydrogens (tertiary/aromatic N) is 12. The van der Waals surface area contributed by atoms with Crippen LogP contribution in [0.2, 0.25) is 0 Å². The van der Waals surface area contributed by atoms with Gasteiger partial charge in [-0.1, -0.05) is 210 Å². The lowest BCUT2D eigenvalue weighted by atomic mass is 10.0. The van der Waals surface area contributed by atoms with Gasteiger partial charge in [-0.25, -0.2) is 19.9 Å². The lowest BCUT2D eigenvalue weighted by molar-refractivity contribution is 1.03. The number of aryl methyl sites for hydroxylation is 20. The molecule has 9 aromatic heterocycles. The largest absolute Gasteiger partial charge is 0.264 e. The molecule has 0 spiro atoms. The Morgan fingerprint density at radius 2 is 0.444 bits per heavy atom. The van der Waals surface area contributed by atoms with E-state index in [9.17, 15) is 0 Å². The van der Waals surface area contributed by atoms with Gasteiger partial charge in [-0.15, -0.1) is 0 Å². The molecule has 0 radical (unpaired) electrons. The minimum Gasteiger partial charge on any atom is -0.264 e. The van der Waals surface area contributed by atoms with Crippen LogP contribution in [0.4, 0.5) is 0 Å². The van der Waals surface area contributed by atoms with Crippen LogP contribution in [-0.4, -0.2) is 59.8 Å². The van der Waals surface area contributed by atoms with Crippen molar-refractivity contribution in [3.63, 3.8) is 0 Å². The predicted molar refractivity (Wildman–Crippen MR) is 481 cm³/mol. The first-order chi connectivity index (χ1) is 51.8. The quantitative estimate of drug-likeness (QED) is 0.133. The highest BCUT2D eigenvalue weighted by atomic mass is 14.8. The maximum absolute atomic E-state index is 4.17. The fraction of sp³-hybridized carbons (Fsp3) is 0.417. The highest BCUT2D eigenvalue weighted by Gasteiger charge is 1.99. The van der Waals surface area contributed by atoms with Crippen molar-refractivity contribution in [3.8, 4) is 0 Å². The zero-order chi connectivity index (χ0) is 85.0. The number of benzene rings is 3. The third-order valence-electron chi connectivity index (χ3n) is 12.1. The van der Waals surface area contributed by atoms with Gasteiger partial charge >= 0.3 is 0 Å². The summed E-state index contributed by atoms with van der Waals surface area (Å²) in [6.07, 6.45) is 21.8. The van der Waals surface area contributed by atoms with Gasteiger partial charge in [0.1, 0.15) is 11.6 Å². The minimum atomic E-state index is 0.829. The molecular formula is C96H152N12. The Hall–Kier alpha value is -9.68. The van der Waals surface area contributed by atoms with Gasteiger partial charge < -0.3 is 0 Å². The molecule has 0 aliphatic rings. The smallest absolute Gasteiger partial charge is 0.125 e. The van der Waals surface area contributed by atoms with Gasteiger partial charge in [-0.05, 0) is 265 Å². The van der Waals surface area contributed by atoms with Crippen LogP contribution in [0.15, 0.2) is 196 Å². The van der Waals surface area contributed by atoms with E-state index in [0.717, 1.165) is 68.3 Å². The first-order valence-electron chi connectivity index (χ1n) is 39.3. The van der Waals surface area contributed by atoms with E-state index in [1.165, 1.54) is 66.1 Å². The first kappa shape index (κ1) is 114. The second-order valence-electron chi connectivity index (χ2n) is 21.8. The molecule has 0 N–H and O–H groups in total. The van der Waals surface area contributed by atoms with Gasteiger partial charge in [0.05, 0.1) is 11.4 Å². The van der Waals surface area contributed by atoms with Crippen LogP contribution >= 0.6 is 0 Å². The summed E-state index contributed by atoms with van der Waals surface area (Å²) >= 11 is 0. The molecule has 596 valence electrons. The summed E-state index contributed by atoms with van der Waals surface area (Å²) in [5.74, 6) is 1.66. The van der Waals surface area contributed by atoms with E-state index in [1.807, 2.05) is 354 Å². The molecule has 12 heteroatoms. The summed E-state index contributed by atoms with van der Waals surface area (Å²) in [6.45, 7) is 80.0. The number of pyridine rings is 6. The van der Waals surface area contributed by atoms with Crippen molar-refractivity contribution < 1.29 is 0 Å². The van der Waals surface area contributed by atoms with Crippen LogP contribution in [0, 0.1) is 138 Å². The highest BCUT2D eigenvalue weighted by molar-refractivity contribution is 5.98. The molecule has 12 rings (SSSR count). The molecule has 0 aliphatic heterocycles. The highest BCUT2D eigenvalue weighted by Crippen LogP contribution is 2.24. The van der Waals surface area contributed by atoms with Crippen LogP contribution in [0.5, 0.6) is 0 Å². The third kappa shape index (κ3) is 67.0. The second-order valence-corrected chi connectivity index (χ2v) is 21.8. The number of rotatable bonds is 0. The van der Waals surface area contributed by atoms with Crippen LogP contribution in [-0.2, 0) is 0 Å². The Balaban J connectivity index is -0.000000168. The summed E-state index contributed by atoms with van der Waals surface area (Å²) in [5.41, 5.74) is 20.7. The Morgan fingerprint density at radius 3 is 0.648 bits per heavy atom. The van der Waals surface area contributed by atoms with Gasteiger partial charge in [0, 0.05) is 109 Å². The summed E-state index contributed by atoms with van der Waals surface area (Å²) < 4.78 is 0. The Bertz CT molecular complexity index is 3230. The molecular weight excluding hydrogens is 1320 g/mol. The van der Waals surface area contributed by atoms with Crippen molar-refractivity contribution in [1.82, 2.24) is 59.8 Å². The molecule has 9 heterocycles. The van der Waals surface area contributed by atoms with Crippen molar-refractivity contribution in [2.75, 3.05) is 0 Å². The summed E-state index contributed by atoms with van der Waals surface area (Å²) in [6, 6.07) is 42.1. The SMILES string of the molecule is CC.CC.CC.CC.CC.CC.CC.CC.CC.CC.Cc1ccc(C)nc1.Cc1ccc(C)nc1.Cc1ccc2cc3cc(C)ccc3cc2c1.Cc1cccc(C)n1.Cc1ccnc(C)c1.Cc1ccnc(C)c1.Cc1cnc(C)cn1.Cc1cnc(C)nc1.Cc1cnc(C)nc1.Cc1cncc(C)c1. The maximum atomic E-state index is 4.17. The van der Waals surface area contributed by atoms with E-state index in [0.29, 0.717) is 0 Å². The fourth-order valence-electron chi connectivity index (χ4n) is 7.45. The van der Waals surface area contributed by atoms with Crippen molar-refractivity contribution in [1.29, 1.82) is 0 Å². The van der Waals surface area contributed by atoms with E-state index < -0.39 is 0 Å². The van der Waals surface area contributed by atoms with Crippen LogP contribution in [0.3, 0.4) is 0 Å². The number of hydrogen-bond acceptors (Lipinski definition) is 12. The van der Waals surface area contributed by atoms with Gasteiger partial charge in [0.25, 0.3) is 0 Å². The fourth-order valence-corrected chi connectivity index (χ4v) is 7.45. The molecule has 0 unspecified atom stereocenters. The molecule has 0 saturated carbocycles. The molecule has 0 amide bonds. The summed E-state index contributed by atoms with van der Waals surface area (Å²) in [5, 5.41) is 5.31. The minimum absolute atomic E-state index is 0.829. The number of hydrogen-bond donors (Lipinski definition) is 0.